The van der Waals surface area contributed by atoms with E-state index in [1.165, 1.54) is 12.8 Å². The first kappa shape index (κ1) is 13.7. The Hall–Kier alpha value is -0.360. The number of carbonyl (C=O) groups is 1. The molecule has 0 spiro atoms. The summed E-state index contributed by atoms with van der Waals surface area (Å²) in [5.41, 5.74) is 5.87. The number of halogens is 1. The van der Waals surface area contributed by atoms with Crippen molar-refractivity contribution in [1.29, 1.82) is 0 Å². The van der Waals surface area contributed by atoms with Crippen LogP contribution in [0.1, 0.15) is 12.8 Å². The second-order valence-electron chi connectivity index (χ2n) is 4.18. The number of carbonyl (C=O) groups excluding carboxylic acids is 1. The van der Waals surface area contributed by atoms with Gasteiger partial charge >= 0.3 is 0 Å². The Labute approximate surface area is 101 Å². The number of hydrogen-bond donors (Lipinski definition) is 2. The number of rotatable bonds is 4. The van der Waals surface area contributed by atoms with Crippen LogP contribution in [0.2, 0.25) is 0 Å². The maximum atomic E-state index is 11.6. The van der Waals surface area contributed by atoms with Crippen LogP contribution in [0.5, 0.6) is 0 Å². The molecule has 16 heavy (non-hydrogen) atoms. The number of nitrogens with one attached hydrogen (secondary N) is 1. The predicted molar refractivity (Wildman–Crippen MR) is 61.5 cm³/mol. The molecule has 2 aliphatic rings. The number of nitrogens with two attached hydrogens (primary N) is 1. The lowest BCUT2D eigenvalue weighted by molar-refractivity contribution is -0.147. The van der Waals surface area contributed by atoms with Crippen LogP contribution in [0.15, 0.2) is 0 Å². The van der Waals surface area contributed by atoms with Crippen LogP contribution in [-0.4, -0.2) is 44.4 Å². The minimum Gasteiger partial charge on any atom is -0.376 e. The lowest BCUT2D eigenvalue weighted by Crippen LogP contribution is -2.46. The number of ether oxygens (including phenoxy) is 2. The molecule has 0 radical (unpaired) electrons. The zero-order valence-corrected chi connectivity index (χ0v) is 10.0. The van der Waals surface area contributed by atoms with Gasteiger partial charge in [0.25, 0.3) is 5.91 Å². The van der Waals surface area contributed by atoms with Gasteiger partial charge in [-0.2, -0.15) is 0 Å². The van der Waals surface area contributed by atoms with Gasteiger partial charge in [0, 0.05) is 12.6 Å². The van der Waals surface area contributed by atoms with E-state index in [1.54, 1.807) is 0 Å². The topological polar surface area (TPSA) is 73.6 Å². The summed E-state index contributed by atoms with van der Waals surface area (Å²) in [5, 5.41) is 2.80. The van der Waals surface area contributed by atoms with E-state index in [2.05, 4.69) is 5.32 Å². The lowest BCUT2D eigenvalue weighted by atomic mass is 10.2. The van der Waals surface area contributed by atoms with Gasteiger partial charge in [0.1, 0.15) is 0 Å². The van der Waals surface area contributed by atoms with Gasteiger partial charge in [0.05, 0.1) is 19.8 Å². The van der Waals surface area contributed by atoms with Gasteiger partial charge in [-0.3, -0.25) is 4.79 Å². The molecule has 1 aliphatic carbocycles. The average Bonchev–Trinajstić information content (AvgIpc) is 3.10. The van der Waals surface area contributed by atoms with Crippen LogP contribution in [0.4, 0.5) is 0 Å². The first-order valence-corrected chi connectivity index (χ1v) is 5.50. The maximum Gasteiger partial charge on any atom is 0.251 e. The molecule has 0 aromatic rings. The van der Waals surface area contributed by atoms with Gasteiger partial charge in [-0.15, -0.1) is 12.4 Å². The zero-order valence-electron chi connectivity index (χ0n) is 9.19. The minimum absolute atomic E-state index is 0. The molecule has 94 valence electrons. The summed E-state index contributed by atoms with van der Waals surface area (Å²) in [4.78, 5) is 11.6. The quantitative estimate of drug-likeness (QED) is 0.717. The molecule has 0 aromatic heterocycles. The van der Waals surface area contributed by atoms with Gasteiger partial charge in [-0.1, -0.05) is 0 Å². The molecule has 6 heteroatoms. The standard InChI is InChI=1S/C10H18N2O3.ClH/c11-8(7-1-2-7)5-12-10(13)9-6-14-3-4-15-9;/h7-9H,1-6,11H2,(H,12,13);1H. The molecule has 0 aromatic carbocycles. The highest BCUT2D eigenvalue weighted by Gasteiger charge is 2.29. The summed E-state index contributed by atoms with van der Waals surface area (Å²) in [6.07, 6.45) is 1.94. The Bertz CT molecular complexity index is 230. The van der Waals surface area contributed by atoms with Crippen molar-refractivity contribution in [2.24, 2.45) is 11.7 Å². The molecule has 1 saturated carbocycles. The minimum atomic E-state index is -0.454. The van der Waals surface area contributed by atoms with E-state index in [0.29, 0.717) is 32.3 Å². The highest BCUT2D eigenvalue weighted by Crippen LogP contribution is 2.31. The Morgan fingerprint density at radius 1 is 1.44 bits per heavy atom. The van der Waals surface area contributed by atoms with E-state index in [-0.39, 0.29) is 24.4 Å². The summed E-state index contributed by atoms with van der Waals surface area (Å²) in [6.45, 7) is 1.96. The molecule has 2 unspecified atom stereocenters. The van der Waals surface area contributed by atoms with Crippen LogP contribution in [0.25, 0.3) is 0 Å². The van der Waals surface area contributed by atoms with Gasteiger partial charge in [-0.05, 0) is 18.8 Å². The largest absolute Gasteiger partial charge is 0.376 e. The molecule has 1 amide bonds. The number of hydrogen-bond acceptors (Lipinski definition) is 4. The zero-order chi connectivity index (χ0) is 10.7. The van der Waals surface area contributed by atoms with Crippen LogP contribution in [0.3, 0.4) is 0 Å². The summed E-state index contributed by atoms with van der Waals surface area (Å²) in [7, 11) is 0. The van der Waals surface area contributed by atoms with Crippen molar-refractivity contribution in [3.63, 3.8) is 0 Å². The maximum absolute atomic E-state index is 11.6. The fraction of sp³-hybridized carbons (Fsp3) is 0.900. The summed E-state index contributed by atoms with van der Waals surface area (Å²) in [5.74, 6) is 0.500. The monoisotopic (exact) mass is 250 g/mol. The molecule has 1 saturated heterocycles. The Balaban J connectivity index is 0.00000128. The summed E-state index contributed by atoms with van der Waals surface area (Å²) < 4.78 is 10.4. The Morgan fingerprint density at radius 2 is 2.19 bits per heavy atom. The molecule has 2 rings (SSSR count). The first-order chi connectivity index (χ1) is 7.27. The van der Waals surface area contributed by atoms with Crippen molar-refractivity contribution in [3.8, 4) is 0 Å². The Morgan fingerprint density at radius 3 is 2.75 bits per heavy atom. The van der Waals surface area contributed by atoms with Crippen molar-refractivity contribution < 1.29 is 14.3 Å². The van der Waals surface area contributed by atoms with Gasteiger partial charge in [-0.25, -0.2) is 0 Å². The molecule has 3 N–H and O–H groups in total. The highest BCUT2D eigenvalue weighted by molar-refractivity contribution is 5.85. The van der Waals surface area contributed by atoms with Crippen molar-refractivity contribution in [3.05, 3.63) is 0 Å². The third-order valence-corrected chi connectivity index (χ3v) is 2.85. The van der Waals surface area contributed by atoms with Crippen molar-refractivity contribution in [1.82, 2.24) is 5.32 Å². The van der Waals surface area contributed by atoms with Crippen LogP contribution in [0, 0.1) is 5.92 Å². The Kier molecular flexibility index (Phi) is 5.48. The predicted octanol–water partition coefficient (Wildman–Crippen LogP) is -0.323. The van der Waals surface area contributed by atoms with Crippen molar-refractivity contribution >= 4 is 18.3 Å². The van der Waals surface area contributed by atoms with E-state index in [4.69, 9.17) is 15.2 Å². The van der Waals surface area contributed by atoms with Crippen LogP contribution >= 0.6 is 12.4 Å². The van der Waals surface area contributed by atoms with Crippen LogP contribution < -0.4 is 11.1 Å². The van der Waals surface area contributed by atoms with Crippen molar-refractivity contribution in [2.75, 3.05) is 26.4 Å². The third-order valence-electron chi connectivity index (χ3n) is 2.85. The molecule has 5 nitrogen and oxygen atoms in total. The van der Waals surface area contributed by atoms with E-state index < -0.39 is 6.10 Å². The molecular formula is C10H19ClN2O3. The SMILES string of the molecule is Cl.NC(CNC(=O)C1COCCO1)C1CC1. The normalized spacial score (nSPS) is 26.7. The second kappa shape index (κ2) is 6.39. The van der Waals surface area contributed by atoms with Crippen molar-refractivity contribution in [2.45, 2.75) is 25.0 Å². The summed E-state index contributed by atoms with van der Waals surface area (Å²) in [6, 6.07) is 0.0958. The molecule has 1 heterocycles. The number of amides is 1. The molecule has 0 bridgehead atoms. The second-order valence-corrected chi connectivity index (χ2v) is 4.18. The van der Waals surface area contributed by atoms with E-state index in [9.17, 15) is 4.79 Å². The fourth-order valence-electron chi connectivity index (χ4n) is 1.66. The smallest absolute Gasteiger partial charge is 0.251 e. The highest BCUT2D eigenvalue weighted by atomic mass is 35.5. The average molecular weight is 251 g/mol. The van der Waals surface area contributed by atoms with Gasteiger partial charge in [0.15, 0.2) is 6.10 Å². The molecule has 2 atom stereocenters. The summed E-state index contributed by atoms with van der Waals surface area (Å²) >= 11 is 0. The van der Waals surface area contributed by atoms with E-state index in [0.717, 1.165) is 0 Å². The van der Waals surface area contributed by atoms with E-state index >= 15 is 0 Å². The molecule has 2 fully saturated rings. The van der Waals surface area contributed by atoms with Crippen LogP contribution in [-0.2, 0) is 14.3 Å². The third kappa shape index (κ3) is 3.90. The van der Waals surface area contributed by atoms with Gasteiger partial charge < -0.3 is 20.5 Å². The molecule has 1 aliphatic heterocycles. The first-order valence-electron chi connectivity index (χ1n) is 5.50. The molecular weight excluding hydrogens is 232 g/mol. The van der Waals surface area contributed by atoms with Gasteiger partial charge in [0.2, 0.25) is 0 Å². The fourth-order valence-corrected chi connectivity index (χ4v) is 1.66. The lowest BCUT2D eigenvalue weighted by Gasteiger charge is -2.22. The van der Waals surface area contributed by atoms with E-state index in [1.807, 2.05) is 0 Å².